The number of rotatable bonds is 6. The molecule has 0 radical (unpaired) electrons. The van der Waals surface area contributed by atoms with E-state index < -0.39 is 5.97 Å². The zero-order valence-corrected chi connectivity index (χ0v) is 11.4. The minimum Gasteiger partial charge on any atom is -0.478 e. The number of hydrogen-bond acceptors (Lipinski definition) is 3. The van der Waals surface area contributed by atoms with Gasteiger partial charge in [-0.15, -0.1) is 0 Å². The highest BCUT2D eigenvalue weighted by atomic mass is 16.5. The molecule has 0 aliphatic rings. The molecular weight excluding hydrogens is 230 g/mol. The Bertz CT molecular complexity index is 416. The molecule has 0 bridgehead atoms. The topological polar surface area (TPSA) is 58.6 Å². The van der Waals surface area contributed by atoms with Gasteiger partial charge in [-0.3, -0.25) is 0 Å². The Morgan fingerprint density at radius 2 is 2.11 bits per heavy atom. The zero-order valence-electron chi connectivity index (χ0n) is 11.4. The lowest BCUT2D eigenvalue weighted by Gasteiger charge is -2.23. The molecular formula is C14H21NO3. The number of nitrogens with one attached hydrogen (secondary N) is 1. The Labute approximate surface area is 108 Å². The molecule has 0 aliphatic carbocycles. The molecule has 1 aromatic rings. The van der Waals surface area contributed by atoms with Crippen LogP contribution in [0.2, 0.25) is 0 Å². The molecule has 0 saturated heterocycles. The fraction of sp³-hybridized carbons (Fsp3) is 0.500. The molecule has 4 heteroatoms. The van der Waals surface area contributed by atoms with E-state index in [1.54, 1.807) is 13.2 Å². The molecule has 18 heavy (non-hydrogen) atoms. The van der Waals surface area contributed by atoms with Gasteiger partial charge in [-0.25, -0.2) is 4.79 Å². The Kier molecular flexibility index (Phi) is 5.16. The summed E-state index contributed by atoms with van der Waals surface area (Å²) in [5.41, 5.74) is 1.88. The fourth-order valence-electron chi connectivity index (χ4n) is 1.74. The van der Waals surface area contributed by atoms with Crippen molar-refractivity contribution in [3.63, 3.8) is 0 Å². The predicted octanol–water partition coefficient (Wildman–Crippen LogP) is 2.78. The highest BCUT2D eigenvalue weighted by molar-refractivity contribution is 5.94. The number of methoxy groups -OCH3 is 1. The van der Waals surface area contributed by atoms with Crippen LogP contribution in [-0.2, 0) is 4.74 Å². The number of carbonyl (C=O) groups is 1. The van der Waals surface area contributed by atoms with Crippen LogP contribution in [0.4, 0.5) is 5.69 Å². The van der Waals surface area contributed by atoms with Crippen LogP contribution < -0.4 is 5.32 Å². The summed E-state index contributed by atoms with van der Waals surface area (Å²) in [6.45, 7) is 6.58. The number of aryl methyl sites for hydroxylation is 1. The molecule has 1 unspecified atom stereocenters. The SMILES string of the molecule is COCC(Nc1ccc(C)cc1C(=O)O)C(C)C. The van der Waals surface area contributed by atoms with Crippen molar-refractivity contribution >= 4 is 11.7 Å². The van der Waals surface area contributed by atoms with Gasteiger partial charge in [0.15, 0.2) is 0 Å². The average molecular weight is 251 g/mol. The Morgan fingerprint density at radius 3 is 2.61 bits per heavy atom. The van der Waals surface area contributed by atoms with E-state index in [-0.39, 0.29) is 6.04 Å². The van der Waals surface area contributed by atoms with E-state index in [0.29, 0.717) is 23.8 Å². The summed E-state index contributed by atoms with van der Waals surface area (Å²) in [6.07, 6.45) is 0. The van der Waals surface area contributed by atoms with Gasteiger partial charge in [0.1, 0.15) is 0 Å². The average Bonchev–Trinajstić information content (AvgIpc) is 2.30. The van der Waals surface area contributed by atoms with E-state index in [0.717, 1.165) is 5.56 Å². The van der Waals surface area contributed by atoms with E-state index >= 15 is 0 Å². The van der Waals surface area contributed by atoms with Crippen molar-refractivity contribution in [3.8, 4) is 0 Å². The number of hydrogen-bond donors (Lipinski definition) is 2. The maximum Gasteiger partial charge on any atom is 0.337 e. The largest absolute Gasteiger partial charge is 0.478 e. The number of anilines is 1. The highest BCUT2D eigenvalue weighted by Crippen LogP contribution is 2.20. The first-order chi connectivity index (χ1) is 8.45. The maximum atomic E-state index is 11.2. The summed E-state index contributed by atoms with van der Waals surface area (Å²) in [4.78, 5) is 11.2. The molecule has 1 atom stereocenters. The Hall–Kier alpha value is -1.55. The Balaban J connectivity index is 2.98. The lowest BCUT2D eigenvalue weighted by Crippen LogP contribution is -2.31. The van der Waals surface area contributed by atoms with E-state index in [9.17, 15) is 9.90 Å². The third-order valence-electron chi connectivity index (χ3n) is 2.90. The standard InChI is InChI=1S/C14H21NO3/c1-9(2)13(8-18-4)15-12-6-5-10(3)7-11(12)14(16)17/h5-7,9,13,15H,8H2,1-4H3,(H,16,17). The molecule has 4 nitrogen and oxygen atoms in total. The van der Waals surface area contributed by atoms with Gasteiger partial charge in [0.25, 0.3) is 0 Å². The van der Waals surface area contributed by atoms with Crippen LogP contribution in [0.3, 0.4) is 0 Å². The monoisotopic (exact) mass is 251 g/mol. The maximum absolute atomic E-state index is 11.2. The predicted molar refractivity (Wildman–Crippen MR) is 72.3 cm³/mol. The Morgan fingerprint density at radius 1 is 1.44 bits per heavy atom. The quantitative estimate of drug-likeness (QED) is 0.816. The van der Waals surface area contributed by atoms with Crippen molar-refractivity contribution in [2.24, 2.45) is 5.92 Å². The van der Waals surface area contributed by atoms with Gasteiger partial charge < -0.3 is 15.2 Å². The van der Waals surface area contributed by atoms with Crippen molar-refractivity contribution in [3.05, 3.63) is 29.3 Å². The third kappa shape index (κ3) is 3.74. The summed E-state index contributed by atoms with van der Waals surface area (Å²) in [7, 11) is 1.64. The smallest absolute Gasteiger partial charge is 0.337 e. The van der Waals surface area contributed by atoms with Crippen molar-refractivity contribution in [2.75, 3.05) is 19.0 Å². The number of aromatic carboxylic acids is 1. The van der Waals surface area contributed by atoms with Crippen molar-refractivity contribution in [1.29, 1.82) is 0 Å². The summed E-state index contributed by atoms with van der Waals surface area (Å²) < 4.78 is 5.15. The van der Waals surface area contributed by atoms with Crippen molar-refractivity contribution < 1.29 is 14.6 Å². The van der Waals surface area contributed by atoms with Gasteiger partial charge in [-0.05, 0) is 25.0 Å². The first-order valence-corrected chi connectivity index (χ1v) is 6.05. The van der Waals surface area contributed by atoms with Gasteiger partial charge in [-0.2, -0.15) is 0 Å². The molecule has 1 rings (SSSR count). The van der Waals surface area contributed by atoms with E-state index in [1.165, 1.54) is 0 Å². The van der Waals surface area contributed by atoms with Crippen molar-refractivity contribution in [1.82, 2.24) is 0 Å². The van der Waals surface area contributed by atoms with Gasteiger partial charge in [0.2, 0.25) is 0 Å². The van der Waals surface area contributed by atoms with E-state index in [4.69, 9.17) is 4.74 Å². The summed E-state index contributed by atoms with van der Waals surface area (Å²) in [6, 6.07) is 5.48. The minimum absolute atomic E-state index is 0.0933. The summed E-state index contributed by atoms with van der Waals surface area (Å²) in [5.74, 6) is -0.561. The molecule has 2 N–H and O–H groups in total. The number of carboxylic acid groups (broad SMARTS) is 1. The van der Waals surface area contributed by atoms with Gasteiger partial charge in [0.05, 0.1) is 18.2 Å². The van der Waals surface area contributed by atoms with Crippen LogP contribution in [0.15, 0.2) is 18.2 Å². The second kappa shape index (κ2) is 6.40. The first kappa shape index (κ1) is 14.5. The van der Waals surface area contributed by atoms with Crippen LogP contribution in [0.5, 0.6) is 0 Å². The van der Waals surface area contributed by atoms with Crippen LogP contribution in [0, 0.1) is 12.8 Å². The molecule has 0 fully saturated rings. The number of ether oxygens (including phenoxy) is 1. The fourth-order valence-corrected chi connectivity index (χ4v) is 1.74. The van der Waals surface area contributed by atoms with Gasteiger partial charge in [0, 0.05) is 12.8 Å². The highest BCUT2D eigenvalue weighted by Gasteiger charge is 2.17. The van der Waals surface area contributed by atoms with Crippen molar-refractivity contribution in [2.45, 2.75) is 26.8 Å². The minimum atomic E-state index is -0.916. The van der Waals surface area contributed by atoms with Crippen LogP contribution in [0.25, 0.3) is 0 Å². The molecule has 100 valence electrons. The lowest BCUT2D eigenvalue weighted by molar-refractivity contribution is 0.0697. The van der Waals surface area contributed by atoms with Gasteiger partial charge in [-0.1, -0.05) is 25.5 Å². The zero-order chi connectivity index (χ0) is 13.7. The second-order valence-electron chi connectivity index (χ2n) is 4.80. The van der Waals surface area contributed by atoms with Crippen LogP contribution >= 0.6 is 0 Å². The van der Waals surface area contributed by atoms with E-state index in [2.05, 4.69) is 19.2 Å². The molecule has 0 amide bonds. The molecule has 0 spiro atoms. The number of benzene rings is 1. The van der Waals surface area contributed by atoms with E-state index in [1.807, 2.05) is 19.1 Å². The molecule has 0 aromatic heterocycles. The summed E-state index contributed by atoms with van der Waals surface area (Å²) in [5, 5.41) is 12.5. The molecule has 0 aliphatic heterocycles. The number of carboxylic acids is 1. The third-order valence-corrected chi connectivity index (χ3v) is 2.90. The lowest BCUT2D eigenvalue weighted by atomic mass is 10.0. The molecule has 1 aromatic carbocycles. The van der Waals surface area contributed by atoms with Gasteiger partial charge >= 0.3 is 5.97 Å². The second-order valence-corrected chi connectivity index (χ2v) is 4.80. The molecule has 0 saturated carbocycles. The summed E-state index contributed by atoms with van der Waals surface area (Å²) >= 11 is 0. The first-order valence-electron chi connectivity index (χ1n) is 6.05. The van der Waals surface area contributed by atoms with Crippen LogP contribution in [0.1, 0.15) is 29.8 Å². The normalized spacial score (nSPS) is 12.5. The molecule has 0 heterocycles. The van der Waals surface area contributed by atoms with Crippen LogP contribution in [-0.4, -0.2) is 30.8 Å².